The third kappa shape index (κ3) is 3.37. The van der Waals surface area contributed by atoms with Crippen LogP contribution in [-0.4, -0.2) is 37.2 Å². The van der Waals surface area contributed by atoms with Gasteiger partial charge in [-0.1, -0.05) is 11.6 Å². The molecule has 18 heavy (non-hydrogen) atoms. The van der Waals surface area contributed by atoms with E-state index in [1.165, 1.54) is 24.0 Å². The van der Waals surface area contributed by atoms with E-state index in [1.807, 2.05) is 6.07 Å². The van der Waals surface area contributed by atoms with Crippen molar-refractivity contribution in [3.8, 4) is 0 Å². The van der Waals surface area contributed by atoms with E-state index in [-0.39, 0.29) is 12.1 Å². The van der Waals surface area contributed by atoms with Crippen molar-refractivity contribution in [1.82, 2.24) is 4.90 Å². The molecule has 2 rings (SSSR count). The van der Waals surface area contributed by atoms with Crippen LogP contribution >= 0.6 is 22.9 Å². The summed E-state index contributed by atoms with van der Waals surface area (Å²) >= 11 is 7.45. The van der Waals surface area contributed by atoms with E-state index >= 15 is 0 Å². The quantitative estimate of drug-likeness (QED) is 0.909. The summed E-state index contributed by atoms with van der Waals surface area (Å²) in [5.74, 6) is 0.374. The van der Waals surface area contributed by atoms with Crippen molar-refractivity contribution in [2.75, 3.05) is 20.2 Å². The average molecular weight is 289 g/mol. The second-order valence-electron chi connectivity index (χ2n) is 4.70. The first-order valence-corrected chi connectivity index (χ1v) is 7.15. The molecule has 0 spiro atoms. The Balaban J connectivity index is 1.98. The lowest BCUT2D eigenvalue weighted by Gasteiger charge is -2.35. The maximum absolute atomic E-state index is 11.5. The molecule has 1 aliphatic rings. The van der Waals surface area contributed by atoms with Crippen LogP contribution in [0.1, 0.15) is 12.0 Å². The number of carbonyl (C=O) groups excluding carboxylic acids is 1. The van der Waals surface area contributed by atoms with Crippen LogP contribution in [-0.2, 0) is 11.2 Å². The summed E-state index contributed by atoms with van der Waals surface area (Å²) in [7, 11) is 1.40. The number of halogens is 1. The Morgan fingerprint density at radius 1 is 1.67 bits per heavy atom. The monoisotopic (exact) mass is 288 g/mol. The predicted molar refractivity (Wildman–Crippen MR) is 73.1 cm³/mol. The summed E-state index contributed by atoms with van der Waals surface area (Å²) in [6.07, 6.45) is 1.55. The van der Waals surface area contributed by atoms with Gasteiger partial charge in [-0.05, 0) is 35.8 Å². The third-order valence-corrected chi connectivity index (χ3v) is 4.29. The number of piperidine rings is 1. The van der Waals surface area contributed by atoms with E-state index in [9.17, 15) is 4.79 Å². The van der Waals surface area contributed by atoms with Gasteiger partial charge >= 0.3 is 6.09 Å². The van der Waals surface area contributed by atoms with Gasteiger partial charge in [0.1, 0.15) is 0 Å². The second-order valence-corrected chi connectivity index (χ2v) is 6.24. The maximum atomic E-state index is 11.5. The summed E-state index contributed by atoms with van der Waals surface area (Å²) < 4.78 is 5.55. The van der Waals surface area contributed by atoms with Gasteiger partial charge in [-0.25, -0.2) is 4.79 Å². The molecular formula is C12H17ClN2O2S. The lowest BCUT2D eigenvalue weighted by atomic mass is 9.90. The number of thiophene rings is 1. The SMILES string of the molecule is COC(=O)N1CC(N)CC(Cc2csc(Cl)c2)C1. The molecule has 1 saturated heterocycles. The Morgan fingerprint density at radius 2 is 2.44 bits per heavy atom. The number of nitrogens with zero attached hydrogens (tertiary/aromatic N) is 1. The second kappa shape index (κ2) is 5.91. The number of carbonyl (C=O) groups is 1. The van der Waals surface area contributed by atoms with Crippen molar-refractivity contribution in [2.45, 2.75) is 18.9 Å². The highest BCUT2D eigenvalue weighted by Gasteiger charge is 2.28. The largest absolute Gasteiger partial charge is 0.453 e. The molecule has 0 aromatic carbocycles. The van der Waals surface area contributed by atoms with Crippen molar-refractivity contribution >= 4 is 29.0 Å². The van der Waals surface area contributed by atoms with E-state index in [1.54, 1.807) is 4.90 Å². The summed E-state index contributed by atoms with van der Waals surface area (Å²) in [5.41, 5.74) is 7.21. The molecule has 1 amide bonds. The molecule has 2 heterocycles. The minimum Gasteiger partial charge on any atom is -0.453 e. The van der Waals surface area contributed by atoms with Crippen LogP contribution in [0.3, 0.4) is 0 Å². The smallest absolute Gasteiger partial charge is 0.409 e. The molecule has 1 fully saturated rings. The minimum atomic E-state index is -0.293. The molecule has 0 radical (unpaired) electrons. The molecule has 1 aliphatic heterocycles. The summed E-state index contributed by atoms with van der Waals surface area (Å²) in [5, 5.41) is 2.06. The molecule has 0 aliphatic carbocycles. The van der Waals surface area contributed by atoms with Crippen LogP contribution < -0.4 is 5.73 Å². The lowest BCUT2D eigenvalue weighted by Crippen LogP contribution is -2.49. The fourth-order valence-corrected chi connectivity index (χ4v) is 3.38. The maximum Gasteiger partial charge on any atom is 0.409 e. The Morgan fingerprint density at radius 3 is 3.06 bits per heavy atom. The molecule has 2 unspecified atom stereocenters. The van der Waals surface area contributed by atoms with Crippen molar-refractivity contribution in [3.05, 3.63) is 21.3 Å². The Hall–Kier alpha value is -0.780. The van der Waals surface area contributed by atoms with Gasteiger partial charge in [-0.15, -0.1) is 11.3 Å². The first-order chi connectivity index (χ1) is 8.58. The van der Waals surface area contributed by atoms with Crippen LogP contribution in [0.5, 0.6) is 0 Å². The van der Waals surface area contributed by atoms with Crippen LogP contribution in [0.4, 0.5) is 4.79 Å². The zero-order chi connectivity index (χ0) is 13.1. The van der Waals surface area contributed by atoms with Crippen LogP contribution in [0.25, 0.3) is 0 Å². The third-order valence-electron chi connectivity index (χ3n) is 3.15. The first kappa shape index (κ1) is 13.6. The molecule has 6 heteroatoms. The zero-order valence-electron chi connectivity index (χ0n) is 10.3. The molecule has 4 nitrogen and oxygen atoms in total. The highest BCUT2D eigenvalue weighted by atomic mass is 35.5. The molecule has 0 saturated carbocycles. The molecule has 1 aromatic rings. The molecule has 100 valence electrons. The summed E-state index contributed by atoms with van der Waals surface area (Å²) in [6, 6.07) is 2.01. The van der Waals surface area contributed by atoms with E-state index in [0.29, 0.717) is 19.0 Å². The Labute approximate surface area is 116 Å². The average Bonchev–Trinajstić information content (AvgIpc) is 2.73. The zero-order valence-corrected chi connectivity index (χ0v) is 11.8. The standard InChI is InChI=1S/C12H17ClN2O2S/c1-17-12(16)15-5-8(3-10(14)6-15)2-9-4-11(13)18-7-9/h4,7-8,10H,2-3,5-6,14H2,1H3. The van der Waals surface area contributed by atoms with Crippen LogP contribution in [0.2, 0.25) is 4.34 Å². The van der Waals surface area contributed by atoms with Gasteiger partial charge in [-0.3, -0.25) is 0 Å². The van der Waals surface area contributed by atoms with Crippen molar-refractivity contribution in [3.63, 3.8) is 0 Å². The van der Waals surface area contributed by atoms with Gasteiger partial charge in [0.25, 0.3) is 0 Å². The first-order valence-electron chi connectivity index (χ1n) is 5.90. The number of nitrogens with two attached hydrogens (primary N) is 1. The number of hydrogen-bond donors (Lipinski definition) is 1. The molecule has 2 atom stereocenters. The van der Waals surface area contributed by atoms with E-state index in [2.05, 4.69) is 5.38 Å². The van der Waals surface area contributed by atoms with Gasteiger partial charge in [0.05, 0.1) is 11.4 Å². The van der Waals surface area contributed by atoms with Crippen molar-refractivity contribution in [2.24, 2.45) is 11.7 Å². The normalized spacial score (nSPS) is 24.1. The minimum absolute atomic E-state index is 0.0250. The van der Waals surface area contributed by atoms with Gasteiger partial charge in [0.15, 0.2) is 0 Å². The fraction of sp³-hybridized carbons (Fsp3) is 0.583. The van der Waals surface area contributed by atoms with E-state index in [0.717, 1.165) is 17.2 Å². The predicted octanol–water partition coefficient (Wildman–Crippen LogP) is 2.36. The number of methoxy groups -OCH3 is 1. The highest BCUT2D eigenvalue weighted by molar-refractivity contribution is 7.14. The number of likely N-dealkylation sites (tertiary alicyclic amines) is 1. The highest BCUT2D eigenvalue weighted by Crippen LogP contribution is 2.25. The lowest BCUT2D eigenvalue weighted by molar-refractivity contribution is 0.0962. The molecule has 1 aromatic heterocycles. The fourth-order valence-electron chi connectivity index (χ4n) is 2.46. The summed E-state index contributed by atoms with van der Waals surface area (Å²) in [4.78, 5) is 13.2. The number of amides is 1. The van der Waals surface area contributed by atoms with Crippen molar-refractivity contribution in [1.29, 1.82) is 0 Å². The van der Waals surface area contributed by atoms with Crippen LogP contribution in [0, 0.1) is 5.92 Å². The van der Waals surface area contributed by atoms with Crippen LogP contribution in [0.15, 0.2) is 11.4 Å². The number of ether oxygens (including phenoxy) is 1. The molecular weight excluding hydrogens is 272 g/mol. The van der Waals surface area contributed by atoms with E-state index in [4.69, 9.17) is 22.1 Å². The topological polar surface area (TPSA) is 55.6 Å². The van der Waals surface area contributed by atoms with Gasteiger partial charge < -0.3 is 15.4 Å². The Kier molecular flexibility index (Phi) is 4.48. The van der Waals surface area contributed by atoms with E-state index < -0.39 is 0 Å². The summed E-state index contributed by atoms with van der Waals surface area (Å²) in [6.45, 7) is 1.28. The molecule has 2 N–H and O–H groups in total. The molecule has 0 bridgehead atoms. The number of hydrogen-bond acceptors (Lipinski definition) is 4. The Bertz CT molecular complexity index is 424. The van der Waals surface area contributed by atoms with Gasteiger partial charge in [-0.2, -0.15) is 0 Å². The van der Waals surface area contributed by atoms with Gasteiger partial charge in [0, 0.05) is 19.1 Å². The van der Waals surface area contributed by atoms with Gasteiger partial charge in [0.2, 0.25) is 0 Å². The van der Waals surface area contributed by atoms with Crippen molar-refractivity contribution < 1.29 is 9.53 Å². The number of rotatable bonds is 2.